The molecule has 0 saturated carbocycles. The smallest absolute Gasteiger partial charge is 0.407 e. The number of carboxylic acid groups (broad SMARTS) is 1. The summed E-state index contributed by atoms with van der Waals surface area (Å²) >= 11 is 0. The van der Waals surface area contributed by atoms with Crippen molar-refractivity contribution in [3.8, 4) is 0 Å². The Balaban J connectivity index is 1.89. The Bertz CT molecular complexity index is 298. The van der Waals surface area contributed by atoms with Crippen LogP contribution in [0.15, 0.2) is 0 Å². The second-order valence-corrected chi connectivity index (χ2v) is 4.86. The van der Waals surface area contributed by atoms with Crippen LogP contribution in [-0.2, 0) is 4.79 Å². The second kappa shape index (κ2) is 4.31. The number of piperidine rings is 1. The van der Waals surface area contributed by atoms with Crippen molar-refractivity contribution < 1.29 is 14.7 Å². The molecule has 2 atom stereocenters. The first-order chi connectivity index (χ1) is 7.58. The maximum atomic E-state index is 11.7. The van der Waals surface area contributed by atoms with Gasteiger partial charge < -0.3 is 15.3 Å². The molecule has 2 unspecified atom stereocenters. The average Bonchev–Trinajstić information content (AvgIpc) is 2.58. The molecule has 2 N–H and O–H groups in total. The van der Waals surface area contributed by atoms with Gasteiger partial charge in [-0.3, -0.25) is 4.79 Å². The lowest BCUT2D eigenvalue weighted by Crippen LogP contribution is -2.40. The van der Waals surface area contributed by atoms with Crippen LogP contribution in [0.2, 0.25) is 0 Å². The lowest BCUT2D eigenvalue weighted by molar-refractivity contribution is -0.124. The minimum atomic E-state index is -0.845. The molecule has 2 heterocycles. The zero-order valence-corrected chi connectivity index (χ0v) is 9.48. The van der Waals surface area contributed by atoms with E-state index < -0.39 is 6.09 Å². The summed E-state index contributed by atoms with van der Waals surface area (Å²) < 4.78 is 0. The SMILES string of the molecule is CC1CC(C2CCN(C(=O)O)CC2)C(=O)N1. The van der Waals surface area contributed by atoms with E-state index in [4.69, 9.17) is 5.11 Å². The van der Waals surface area contributed by atoms with Crippen molar-refractivity contribution in [3.05, 3.63) is 0 Å². The third-order valence-corrected chi connectivity index (χ3v) is 3.71. The van der Waals surface area contributed by atoms with E-state index in [0.717, 1.165) is 19.3 Å². The molecule has 0 aromatic heterocycles. The normalized spacial score (nSPS) is 31.6. The highest BCUT2D eigenvalue weighted by atomic mass is 16.4. The number of nitrogens with zero attached hydrogens (tertiary/aromatic N) is 1. The summed E-state index contributed by atoms with van der Waals surface area (Å²) in [5, 5.41) is 11.8. The molecule has 0 radical (unpaired) electrons. The van der Waals surface area contributed by atoms with Crippen molar-refractivity contribution in [2.24, 2.45) is 11.8 Å². The van der Waals surface area contributed by atoms with Crippen LogP contribution in [0.25, 0.3) is 0 Å². The number of nitrogens with one attached hydrogen (secondary N) is 1. The number of likely N-dealkylation sites (tertiary alicyclic amines) is 1. The molecule has 90 valence electrons. The van der Waals surface area contributed by atoms with Crippen molar-refractivity contribution in [2.75, 3.05) is 13.1 Å². The van der Waals surface area contributed by atoms with Gasteiger partial charge in [-0.15, -0.1) is 0 Å². The summed E-state index contributed by atoms with van der Waals surface area (Å²) in [6, 6.07) is 0.273. The van der Waals surface area contributed by atoms with Gasteiger partial charge in [0.25, 0.3) is 0 Å². The topological polar surface area (TPSA) is 69.6 Å². The Morgan fingerprint density at radius 1 is 1.44 bits per heavy atom. The average molecular weight is 226 g/mol. The van der Waals surface area contributed by atoms with E-state index in [2.05, 4.69) is 5.32 Å². The zero-order valence-electron chi connectivity index (χ0n) is 9.48. The van der Waals surface area contributed by atoms with Crippen LogP contribution in [0, 0.1) is 11.8 Å². The Kier molecular flexibility index (Phi) is 3.03. The van der Waals surface area contributed by atoms with Gasteiger partial charge >= 0.3 is 6.09 Å². The number of rotatable bonds is 1. The Morgan fingerprint density at radius 3 is 2.50 bits per heavy atom. The predicted octanol–water partition coefficient (Wildman–Crippen LogP) is 0.901. The summed E-state index contributed by atoms with van der Waals surface area (Å²) in [4.78, 5) is 23.8. The molecule has 2 aliphatic heterocycles. The molecule has 16 heavy (non-hydrogen) atoms. The van der Waals surface area contributed by atoms with Crippen molar-refractivity contribution in [3.63, 3.8) is 0 Å². The summed E-state index contributed by atoms with van der Waals surface area (Å²) in [7, 11) is 0. The molecular weight excluding hydrogens is 208 g/mol. The predicted molar refractivity (Wildman–Crippen MR) is 58.0 cm³/mol. The van der Waals surface area contributed by atoms with Gasteiger partial charge in [0.05, 0.1) is 0 Å². The first-order valence-electron chi connectivity index (χ1n) is 5.86. The first-order valence-corrected chi connectivity index (χ1v) is 5.86. The van der Waals surface area contributed by atoms with Crippen LogP contribution in [-0.4, -0.2) is 41.1 Å². The van der Waals surface area contributed by atoms with Crippen LogP contribution in [0.4, 0.5) is 4.79 Å². The number of hydrogen-bond acceptors (Lipinski definition) is 2. The molecule has 2 saturated heterocycles. The highest BCUT2D eigenvalue weighted by Gasteiger charge is 2.37. The third-order valence-electron chi connectivity index (χ3n) is 3.71. The first kappa shape index (κ1) is 11.2. The number of carbonyl (C=O) groups excluding carboxylic acids is 1. The molecule has 0 aromatic carbocycles. The Morgan fingerprint density at radius 2 is 2.06 bits per heavy atom. The van der Waals surface area contributed by atoms with Crippen molar-refractivity contribution in [2.45, 2.75) is 32.2 Å². The molecule has 0 aliphatic carbocycles. The van der Waals surface area contributed by atoms with Crippen LogP contribution in [0.5, 0.6) is 0 Å². The maximum absolute atomic E-state index is 11.7. The number of hydrogen-bond donors (Lipinski definition) is 2. The lowest BCUT2D eigenvalue weighted by Gasteiger charge is -2.32. The number of amides is 2. The maximum Gasteiger partial charge on any atom is 0.407 e. The van der Waals surface area contributed by atoms with Crippen molar-refractivity contribution in [1.29, 1.82) is 0 Å². The van der Waals surface area contributed by atoms with Gasteiger partial charge in [0, 0.05) is 25.0 Å². The fourth-order valence-electron chi connectivity index (χ4n) is 2.80. The van der Waals surface area contributed by atoms with Gasteiger partial charge in [-0.2, -0.15) is 0 Å². The molecule has 0 aromatic rings. The highest BCUT2D eigenvalue weighted by molar-refractivity contribution is 5.81. The Hall–Kier alpha value is -1.26. The zero-order chi connectivity index (χ0) is 11.7. The fraction of sp³-hybridized carbons (Fsp3) is 0.818. The molecule has 5 heteroatoms. The highest BCUT2D eigenvalue weighted by Crippen LogP contribution is 2.31. The molecule has 2 amide bonds. The van der Waals surface area contributed by atoms with Gasteiger partial charge in [-0.05, 0) is 32.1 Å². The third kappa shape index (κ3) is 2.13. The molecule has 2 fully saturated rings. The van der Waals surface area contributed by atoms with Gasteiger partial charge in [0.2, 0.25) is 5.91 Å². The Labute approximate surface area is 94.8 Å². The molecular formula is C11H18N2O3. The van der Waals surface area contributed by atoms with Crippen molar-refractivity contribution in [1.82, 2.24) is 10.2 Å². The van der Waals surface area contributed by atoms with E-state index in [-0.39, 0.29) is 17.9 Å². The van der Waals surface area contributed by atoms with E-state index in [9.17, 15) is 9.59 Å². The van der Waals surface area contributed by atoms with Crippen LogP contribution < -0.4 is 5.32 Å². The lowest BCUT2D eigenvalue weighted by atomic mass is 9.82. The van der Waals surface area contributed by atoms with Gasteiger partial charge in [0.1, 0.15) is 0 Å². The van der Waals surface area contributed by atoms with Crippen LogP contribution >= 0.6 is 0 Å². The van der Waals surface area contributed by atoms with E-state index in [1.54, 1.807) is 0 Å². The quantitative estimate of drug-likeness (QED) is 0.698. The second-order valence-electron chi connectivity index (χ2n) is 4.86. The molecule has 2 aliphatic rings. The van der Waals surface area contributed by atoms with Crippen LogP contribution in [0.1, 0.15) is 26.2 Å². The van der Waals surface area contributed by atoms with Gasteiger partial charge in [-0.25, -0.2) is 4.79 Å². The summed E-state index contributed by atoms with van der Waals surface area (Å²) in [6.07, 6.45) is 1.69. The molecule has 0 bridgehead atoms. The summed E-state index contributed by atoms with van der Waals surface area (Å²) in [5.74, 6) is 0.618. The van der Waals surface area contributed by atoms with E-state index >= 15 is 0 Å². The van der Waals surface area contributed by atoms with Crippen molar-refractivity contribution >= 4 is 12.0 Å². The molecule has 2 rings (SSSR count). The van der Waals surface area contributed by atoms with E-state index in [1.807, 2.05) is 6.92 Å². The largest absolute Gasteiger partial charge is 0.465 e. The molecule has 0 spiro atoms. The standard InChI is InChI=1S/C11H18N2O3/c1-7-6-9(10(14)12-7)8-2-4-13(5-3-8)11(15)16/h7-9H,2-6H2,1H3,(H,12,14)(H,15,16). The summed E-state index contributed by atoms with van der Waals surface area (Å²) in [6.45, 7) is 3.15. The monoisotopic (exact) mass is 226 g/mol. The number of carbonyl (C=O) groups is 2. The fourth-order valence-corrected chi connectivity index (χ4v) is 2.80. The van der Waals surface area contributed by atoms with Crippen LogP contribution in [0.3, 0.4) is 0 Å². The van der Waals surface area contributed by atoms with Gasteiger partial charge in [0.15, 0.2) is 0 Å². The minimum Gasteiger partial charge on any atom is -0.465 e. The summed E-state index contributed by atoms with van der Waals surface area (Å²) in [5.41, 5.74) is 0. The van der Waals surface area contributed by atoms with E-state index in [0.29, 0.717) is 19.0 Å². The van der Waals surface area contributed by atoms with E-state index in [1.165, 1.54) is 4.90 Å². The van der Waals surface area contributed by atoms with Gasteiger partial charge in [-0.1, -0.05) is 0 Å². The molecule has 5 nitrogen and oxygen atoms in total. The minimum absolute atomic E-state index is 0.103.